The first-order valence-electron chi connectivity index (χ1n) is 9.82. The Morgan fingerprint density at radius 1 is 1.17 bits per heavy atom. The lowest BCUT2D eigenvalue weighted by molar-refractivity contribution is 0.0714. The maximum absolute atomic E-state index is 15.2. The summed E-state index contributed by atoms with van der Waals surface area (Å²) in [5.41, 5.74) is 1.75. The molecule has 0 aliphatic heterocycles. The van der Waals surface area contributed by atoms with Crippen molar-refractivity contribution in [2.75, 3.05) is 0 Å². The van der Waals surface area contributed by atoms with Crippen LogP contribution in [0.15, 0.2) is 48.7 Å². The normalized spacial score (nSPS) is 19.3. The SMILES string of the molecule is O=C(N[C@H]1CCCC[C@@H]1O)c1cc(Cc2ccc(Cl)nc2)c2ccccc2c1F. The number of aromatic nitrogens is 1. The van der Waals surface area contributed by atoms with Crippen molar-refractivity contribution in [3.8, 4) is 0 Å². The molecule has 0 spiro atoms. The van der Waals surface area contributed by atoms with Gasteiger partial charge in [-0.3, -0.25) is 4.79 Å². The summed E-state index contributed by atoms with van der Waals surface area (Å²) in [5.74, 6) is -1.03. The van der Waals surface area contributed by atoms with Gasteiger partial charge in [0.1, 0.15) is 11.0 Å². The van der Waals surface area contributed by atoms with Gasteiger partial charge in [-0.15, -0.1) is 0 Å². The third-order valence-corrected chi connectivity index (χ3v) is 5.76. The summed E-state index contributed by atoms with van der Waals surface area (Å²) in [6, 6.07) is 12.0. The second-order valence-electron chi connectivity index (χ2n) is 7.54. The fraction of sp³-hybridized carbons (Fsp3) is 0.304. The highest BCUT2D eigenvalue weighted by molar-refractivity contribution is 6.29. The first-order chi connectivity index (χ1) is 14.0. The van der Waals surface area contributed by atoms with Gasteiger partial charge in [0, 0.05) is 11.6 Å². The van der Waals surface area contributed by atoms with E-state index in [-0.39, 0.29) is 11.6 Å². The summed E-state index contributed by atoms with van der Waals surface area (Å²) < 4.78 is 15.2. The summed E-state index contributed by atoms with van der Waals surface area (Å²) in [4.78, 5) is 17.0. The molecule has 4 rings (SSSR count). The van der Waals surface area contributed by atoms with E-state index in [9.17, 15) is 9.90 Å². The molecule has 4 nitrogen and oxygen atoms in total. The maximum Gasteiger partial charge on any atom is 0.254 e. The molecule has 1 fully saturated rings. The number of carbonyl (C=O) groups is 1. The highest BCUT2D eigenvalue weighted by Gasteiger charge is 2.26. The molecule has 1 amide bonds. The Labute approximate surface area is 173 Å². The lowest BCUT2D eigenvalue weighted by atomic mass is 9.91. The lowest BCUT2D eigenvalue weighted by Gasteiger charge is -2.28. The van der Waals surface area contributed by atoms with E-state index in [1.807, 2.05) is 18.2 Å². The van der Waals surface area contributed by atoms with Gasteiger partial charge in [-0.25, -0.2) is 9.37 Å². The van der Waals surface area contributed by atoms with E-state index in [0.717, 1.165) is 29.4 Å². The van der Waals surface area contributed by atoms with Crippen LogP contribution < -0.4 is 5.32 Å². The number of hydrogen-bond acceptors (Lipinski definition) is 3. The van der Waals surface area contributed by atoms with Crippen LogP contribution in [0.1, 0.15) is 47.2 Å². The number of rotatable bonds is 4. The molecule has 150 valence electrons. The Bertz CT molecular complexity index is 1040. The zero-order valence-corrected chi connectivity index (χ0v) is 16.6. The molecule has 0 radical (unpaired) electrons. The summed E-state index contributed by atoms with van der Waals surface area (Å²) >= 11 is 5.87. The van der Waals surface area contributed by atoms with Crippen molar-refractivity contribution in [3.63, 3.8) is 0 Å². The molecule has 29 heavy (non-hydrogen) atoms. The Morgan fingerprint density at radius 2 is 1.93 bits per heavy atom. The molecular formula is C23H22ClFN2O2. The van der Waals surface area contributed by atoms with Crippen LogP contribution in [-0.4, -0.2) is 28.1 Å². The number of amides is 1. The molecule has 0 bridgehead atoms. The minimum Gasteiger partial charge on any atom is -0.391 e. The summed E-state index contributed by atoms with van der Waals surface area (Å²) in [6.07, 6.45) is 4.82. The summed E-state index contributed by atoms with van der Waals surface area (Å²) in [5, 5.41) is 14.6. The Morgan fingerprint density at radius 3 is 2.66 bits per heavy atom. The number of nitrogens with zero attached hydrogens (tertiary/aromatic N) is 1. The number of carbonyl (C=O) groups excluding carboxylic acids is 1. The lowest BCUT2D eigenvalue weighted by Crippen LogP contribution is -2.45. The average Bonchev–Trinajstić information content (AvgIpc) is 2.73. The summed E-state index contributed by atoms with van der Waals surface area (Å²) in [7, 11) is 0. The van der Waals surface area contributed by atoms with Gasteiger partial charge in [0.25, 0.3) is 5.91 Å². The molecule has 2 N–H and O–H groups in total. The van der Waals surface area contributed by atoms with Crippen LogP contribution in [0.5, 0.6) is 0 Å². The Balaban J connectivity index is 1.71. The van der Waals surface area contributed by atoms with Crippen molar-refractivity contribution in [1.82, 2.24) is 10.3 Å². The number of aliphatic hydroxyl groups is 1. The van der Waals surface area contributed by atoms with Gasteiger partial charge in [0.05, 0.1) is 17.7 Å². The molecule has 2 aromatic carbocycles. The fourth-order valence-corrected chi connectivity index (χ4v) is 4.09. The third-order valence-electron chi connectivity index (χ3n) is 5.54. The van der Waals surface area contributed by atoms with Gasteiger partial charge in [0.2, 0.25) is 0 Å². The molecule has 0 unspecified atom stereocenters. The van der Waals surface area contributed by atoms with Gasteiger partial charge in [-0.2, -0.15) is 0 Å². The molecule has 1 aromatic heterocycles. The van der Waals surface area contributed by atoms with Crippen molar-refractivity contribution < 1.29 is 14.3 Å². The number of hydrogen-bond donors (Lipinski definition) is 2. The average molecular weight is 413 g/mol. The molecule has 1 saturated carbocycles. The number of aliphatic hydroxyl groups excluding tert-OH is 1. The van der Waals surface area contributed by atoms with Crippen LogP contribution in [-0.2, 0) is 6.42 Å². The third kappa shape index (κ3) is 4.26. The minimum atomic E-state index is -0.587. The van der Waals surface area contributed by atoms with Crippen molar-refractivity contribution in [1.29, 1.82) is 0 Å². The second kappa shape index (κ2) is 8.47. The van der Waals surface area contributed by atoms with Crippen molar-refractivity contribution in [2.24, 2.45) is 0 Å². The molecule has 1 aliphatic rings. The number of benzene rings is 2. The Hall–Kier alpha value is -2.50. The monoisotopic (exact) mass is 412 g/mol. The van der Waals surface area contributed by atoms with Crippen molar-refractivity contribution in [3.05, 3.63) is 76.3 Å². The smallest absolute Gasteiger partial charge is 0.254 e. The van der Waals surface area contributed by atoms with Crippen LogP contribution in [0, 0.1) is 5.82 Å². The standard InChI is InChI=1S/C23H22ClFN2O2/c24-21-10-9-14(13-26-21)11-15-12-18(22(25)17-6-2-1-5-16(15)17)23(29)27-19-7-3-4-8-20(19)28/h1-2,5-6,9-10,12-13,19-20,28H,3-4,7-8,11H2,(H,27,29)/t19-,20-/m0/s1. The highest BCUT2D eigenvalue weighted by atomic mass is 35.5. The van der Waals surface area contributed by atoms with Gasteiger partial charge < -0.3 is 10.4 Å². The molecular weight excluding hydrogens is 391 g/mol. The van der Waals surface area contributed by atoms with E-state index in [0.29, 0.717) is 29.8 Å². The van der Waals surface area contributed by atoms with E-state index in [4.69, 9.17) is 11.6 Å². The summed E-state index contributed by atoms with van der Waals surface area (Å²) in [6.45, 7) is 0. The molecule has 1 aliphatic carbocycles. The van der Waals surface area contributed by atoms with E-state index < -0.39 is 17.8 Å². The number of pyridine rings is 1. The van der Waals surface area contributed by atoms with Crippen LogP contribution in [0.25, 0.3) is 10.8 Å². The maximum atomic E-state index is 15.2. The number of fused-ring (bicyclic) bond motifs is 1. The molecule has 2 atom stereocenters. The first kappa shape index (κ1) is 19.8. The topological polar surface area (TPSA) is 62.2 Å². The largest absolute Gasteiger partial charge is 0.391 e. The van der Waals surface area contributed by atoms with Crippen LogP contribution in [0.3, 0.4) is 0 Å². The number of halogens is 2. The molecule has 6 heteroatoms. The zero-order valence-electron chi connectivity index (χ0n) is 15.9. The van der Waals surface area contributed by atoms with Crippen LogP contribution in [0.4, 0.5) is 4.39 Å². The van der Waals surface area contributed by atoms with E-state index in [1.165, 1.54) is 0 Å². The molecule has 0 saturated heterocycles. The predicted molar refractivity (Wildman–Crippen MR) is 112 cm³/mol. The molecule has 1 heterocycles. The van der Waals surface area contributed by atoms with Crippen molar-refractivity contribution >= 4 is 28.3 Å². The van der Waals surface area contributed by atoms with Gasteiger partial charge in [-0.1, -0.05) is 54.8 Å². The minimum absolute atomic E-state index is 0.00149. The van der Waals surface area contributed by atoms with Crippen LogP contribution >= 0.6 is 11.6 Å². The number of nitrogens with one attached hydrogen (secondary N) is 1. The first-order valence-corrected chi connectivity index (χ1v) is 10.2. The highest BCUT2D eigenvalue weighted by Crippen LogP contribution is 2.28. The van der Waals surface area contributed by atoms with E-state index >= 15 is 4.39 Å². The van der Waals surface area contributed by atoms with Crippen molar-refractivity contribution in [2.45, 2.75) is 44.2 Å². The molecule has 3 aromatic rings. The fourth-order valence-electron chi connectivity index (χ4n) is 3.98. The van der Waals surface area contributed by atoms with E-state index in [1.54, 1.807) is 30.5 Å². The van der Waals surface area contributed by atoms with Gasteiger partial charge in [-0.05, 0) is 47.9 Å². The van der Waals surface area contributed by atoms with E-state index in [2.05, 4.69) is 10.3 Å². The van der Waals surface area contributed by atoms with Crippen LogP contribution in [0.2, 0.25) is 5.15 Å². The predicted octanol–water partition coefficient (Wildman–Crippen LogP) is 4.65. The Kier molecular flexibility index (Phi) is 5.79. The second-order valence-corrected chi connectivity index (χ2v) is 7.93. The van der Waals surface area contributed by atoms with Gasteiger partial charge >= 0.3 is 0 Å². The van der Waals surface area contributed by atoms with Gasteiger partial charge in [0.15, 0.2) is 0 Å². The quantitative estimate of drug-likeness (QED) is 0.613. The zero-order chi connectivity index (χ0) is 20.4.